The number of unbranched alkanes of at least 4 members (excludes halogenated alkanes) is 6. The lowest BCUT2D eigenvalue weighted by molar-refractivity contribution is -0.140. The molecule has 0 aliphatic rings. The Morgan fingerprint density at radius 3 is 2.24 bits per heavy atom. The van der Waals surface area contributed by atoms with Crippen molar-refractivity contribution in [2.75, 3.05) is 26.4 Å². The highest BCUT2D eigenvalue weighted by molar-refractivity contribution is 5.86. The topological polar surface area (TPSA) is 44.8 Å². The van der Waals surface area contributed by atoms with E-state index in [-0.39, 0.29) is 12.6 Å². The number of para-hydroxylation sites is 1. The van der Waals surface area contributed by atoms with E-state index in [9.17, 15) is 4.79 Å². The fourth-order valence-corrected chi connectivity index (χ4v) is 3.69. The van der Waals surface area contributed by atoms with Crippen molar-refractivity contribution in [3.63, 3.8) is 0 Å². The zero-order valence-electron chi connectivity index (χ0n) is 20.4. The van der Waals surface area contributed by atoms with Gasteiger partial charge in [0.25, 0.3) is 0 Å². The Morgan fingerprint density at radius 1 is 0.818 bits per heavy atom. The number of benzene rings is 2. The maximum absolute atomic E-state index is 11.4. The molecule has 180 valence electrons. The lowest BCUT2D eigenvalue weighted by Gasteiger charge is -2.17. The number of hydrogen-bond donors (Lipinski definition) is 0. The molecular formula is C29H40O4. The van der Waals surface area contributed by atoms with Crippen molar-refractivity contribution in [3.05, 3.63) is 66.2 Å². The van der Waals surface area contributed by atoms with Crippen LogP contribution in [0, 0.1) is 0 Å². The molecule has 0 radical (unpaired) electrons. The first kappa shape index (κ1) is 26.7. The highest BCUT2D eigenvalue weighted by Crippen LogP contribution is 2.34. The Hall–Kier alpha value is -2.59. The van der Waals surface area contributed by atoms with E-state index in [1.807, 2.05) is 6.07 Å². The third kappa shape index (κ3) is 10.3. The van der Waals surface area contributed by atoms with Gasteiger partial charge in [0.2, 0.25) is 0 Å². The molecule has 4 heteroatoms. The molecule has 0 saturated heterocycles. The van der Waals surface area contributed by atoms with E-state index in [1.54, 1.807) is 6.92 Å². The first-order chi connectivity index (χ1) is 16.1. The molecule has 0 saturated carbocycles. The van der Waals surface area contributed by atoms with Crippen LogP contribution < -0.4 is 4.74 Å². The molecule has 0 atom stereocenters. The molecular weight excluding hydrogens is 412 g/mol. The zero-order chi connectivity index (χ0) is 23.7. The molecule has 0 bridgehead atoms. The number of esters is 1. The van der Waals surface area contributed by atoms with Crippen LogP contribution in [-0.4, -0.2) is 32.4 Å². The lowest BCUT2D eigenvalue weighted by atomic mass is 9.98. The number of aryl methyl sites for hydroxylation is 1. The van der Waals surface area contributed by atoms with Crippen LogP contribution in [-0.2, 0) is 20.7 Å². The second-order valence-corrected chi connectivity index (χ2v) is 8.41. The summed E-state index contributed by atoms with van der Waals surface area (Å²) in [4.78, 5) is 11.4. The molecule has 0 amide bonds. The molecule has 0 N–H and O–H groups in total. The van der Waals surface area contributed by atoms with Gasteiger partial charge in [0.15, 0.2) is 0 Å². The van der Waals surface area contributed by atoms with Crippen LogP contribution in [0.5, 0.6) is 5.75 Å². The van der Waals surface area contributed by atoms with Gasteiger partial charge >= 0.3 is 5.97 Å². The first-order valence-corrected chi connectivity index (χ1v) is 12.3. The first-order valence-electron chi connectivity index (χ1n) is 12.3. The molecule has 0 fully saturated rings. The number of rotatable bonds is 17. The average Bonchev–Trinajstić information content (AvgIpc) is 2.83. The Labute approximate surface area is 200 Å². The molecule has 2 aromatic carbocycles. The van der Waals surface area contributed by atoms with Crippen molar-refractivity contribution in [2.24, 2.45) is 0 Å². The van der Waals surface area contributed by atoms with Gasteiger partial charge in [-0.3, -0.25) is 0 Å². The normalized spacial score (nSPS) is 10.7. The van der Waals surface area contributed by atoms with E-state index in [4.69, 9.17) is 14.2 Å². The van der Waals surface area contributed by atoms with Crippen LogP contribution in [0.4, 0.5) is 0 Å². The highest BCUT2D eigenvalue weighted by Gasteiger charge is 2.12. The van der Waals surface area contributed by atoms with Gasteiger partial charge in [-0.25, -0.2) is 4.79 Å². The van der Waals surface area contributed by atoms with E-state index in [0.29, 0.717) is 25.4 Å². The van der Waals surface area contributed by atoms with Gasteiger partial charge < -0.3 is 14.2 Å². The molecule has 4 nitrogen and oxygen atoms in total. The van der Waals surface area contributed by atoms with Crippen molar-refractivity contribution in [3.8, 4) is 16.9 Å². The van der Waals surface area contributed by atoms with Crippen molar-refractivity contribution in [1.82, 2.24) is 0 Å². The number of hydrogen-bond acceptors (Lipinski definition) is 4. The standard InChI is InChI=1S/C29H40O4/c1-4-5-6-7-8-9-11-17-26-18-14-19-27(25-15-12-10-13-16-25)28(26)32-22-20-31-21-23-33-29(30)24(2)3/h10,12-16,18-19H,2,4-9,11,17,20-23H2,1,3H3. The lowest BCUT2D eigenvalue weighted by Crippen LogP contribution is -2.14. The zero-order valence-corrected chi connectivity index (χ0v) is 20.4. The molecule has 0 aliphatic heterocycles. The fraction of sp³-hybridized carbons (Fsp3) is 0.483. The summed E-state index contributed by atoms with van der Waals surface area (Å²) in [5.74, 6) is 0.564. The van der Waals surface area contributed by atoms with Crippen molar-refractivity contribution >= 4 is 5.97 Å². The molecule has 0 unspecified atom stereocenters. The predicted octanol–water partition coefficient (Wildman–Crippen LogP) is 7.16. The second-order valence-electron chi connectivity index (χ2n) is 8.41. The minimum Gasteiger partial charge on any atom is -0.490 e. The van der Waals surface area contributed by atoms with Gasteiger partial charge in [0, 0.05) is 11.1 Å². The van der Waals surface area contributed by atoms with E-state index in [0.717, 1.165) is 23.3 Å². The van der Waals surface area contributed by atoms with Gasteiger partial charge in [0.1, 0.15) is 19.0 Å². The molecule has 33 heavy (non-hydrogen) atoms. The molecule has 0 aromatic heterocycles. The molecule has 2 aromatic rings. The summed E-state index contributed by atoms with van der Waals surface area (Å²) < 4.78 is 16.9. The van der Waals surface area contributed by atoms with E-state index in [2.05, 4.69) is 56.0 Å². The average molecular weight is 453 g/mol. The van der Waals surface area contributed by atoms with E-state index >= 15 is 0 Å². The third-order valence-corrected chi connectivity index (χ3v) is 5.51. The number of carbonyl (C=O) groups is 1. The smallest absolute Gasteiger partial charge is 0.333 e. The van der Waals surface area contributed by atoms with Gasteiger partial charge in [-0.15, -0.1) is 0 Å². The summed E-state index contributed by atoms with van der Waals surface area (Å²) in [7, 11) is 0. The Bertz CT molecular complexity index is 829. The van der Waals surface area contributed by atoms with Crippen molar-refractivity contribution < 1.29 is 19.0 Å². The van der Waals surface area contributed by atoms with Crippen LogP contribution in [0.25, 0.3) is 11.1 Å². The minimum absolute atomic E-state index is 0.218. The van der Waals surface area contributed by atoms with E-state index in [1.165, 1.54) is 50.5 Å². The van der Waals surface area contributed by atoms with E-state index < -0.39 is 0 Å². The SMILES string of the molecule is C=C(C)C(=O)OCCOCCOc1c(CCCCCCCCC)cccc1-c1ccccc1. The summed E-state index contributed by atoms with van der Waals surface area (Å²) in [6, 6.07) is 16.8. The van der Waals surface area contributed by atoms with Crippen LogP contribution in [0.3, 0.4) is 0 Å². The maximum atomic E-state index is 11.4. The molecule has 0 heterocycles. The fourth-order valence-electron chi connectivity index (χ4n) is 3.69. The Balaban J connectivity index is 1.89. The molecule has 2 rings (SSSR count). The van der Waals surface area contributed by atoms with Gasteiger partial charge in [-0.1, -0.05) is 101 Å². The second kappa shape index (κ2) is 16.1. The van der Waals surface area contributed by atoms with Gasteiger partial charge in [-0.05, 0) is 30.9 Å². The Morgan fingerprint density at radius 2 is 1.52 bits per heavy atom. The summed E-state index contributed by atoms with van der Waals surface area (Å²) in [6.07, 6.45) is 10.1. The third-order valence-electron chi connectivity index (χ3n) is 5.51. The van der Waals surface area contributed by atoms with Gasteiger partial charge in [-0.2, -0.15) is 0 Å². The van der Waals surface area contributed by atoms with Crippen molar-refractivity contribution in [2.45, 2.75) is 65.2 Å². The van der Waals surface area contributed by atoms with Gasteiger partial charge in [0.05, 0.1) is 13.2 Å². The monoisotopic (exact) mass is 452 g/mol. The molecule has 0 spiro atoms. The van der Waals surface area contributed by atoms with Crippen LogP contribution >= 0.6 is 0 Å². The maximum Gasteiger partial charge on any atom is 0.333 e. The van der Waals surface area contributed by atoms with Crippen LogP contribution in [0.15, 0.2) is 60.7 Å². The van der Waals surface area contributed by atoms with Crippen molar-refractivity contribution in [1.29, 1.82) is 0 Å². The minimum atomic E-state index is -0.387. The number of carbonyl (C=O) groups excluding carboxylic acids is 1. The summed E-state index contributed by atoms with van der Waals surface area (Å²) >= 11 is 0. The summed E-state index contributed by atoms with van der Waals surface area (Å²) in [6.45, 7) is 8.89. The largest absolute Gasteiger partial charge is 0.490 e. The van der Waals surface area contributed by atoms with Crippen LogP contribution in [0.2, 0.25) is 0 Å². The molecule has 0 aliphatic carbocycles. The quantitative estimate of drug-likeness (QED) is 0.145. The predicted molar refractivity (Wildman–Crippen MR) is 136 cm³/mol. The number of ether oxygens (including phenoxy) is 3. The summed E-state index contributed by atoms with van der Waals surface area (Å²) in [5.41, 5.74) is 3.91. The highest BCUT2D eigenvalue weighted by atomic mass is 16.6. The summed E-state index contributed by atoms with van der Waals surface area (Å²) in [5, 5.41) is 0. The van der Waals surface area contributed by atoms with Crippen LogP contribution in [0.1, 0.15) is 64.4 Å². The Kier molecular flexibility index (Phi) is 13.0.